The minimum absolute atomic E-state index is 0.197. The monoisotopic (exact) mass is 446 g/mol. The fraction of sp³-hybridized carbons (Fsp3) is 0.316. The molecule has 0 N–H and O–H groups in total. The maximum atomic E-state index is 13.2. The summed E-state index contributed by atoms with van der Waals surface area (Å²) in [4.78, 5) is 14.4. The summed E-state index contributed by atoms with van der Waals surface area (Å²) in [6, 6.07) is 9.79. The van der Waals surface area contributed by atoms with E-state index < -0.39 is 39.2 Å². The van der Waals surface area contributed by atoms with Crippen molar-refractivity contribution in [1.82, 2.24) is 0 Å². The summed E-state index contributed by atoms with van der Waals surface area (Å²) in [5.74, 6) is -0.531. The van der Waals surface area contributed by atoms with Crippen LogP contribution in [0.2, 0.25) is 5.02 Å². The zero-order valence-electron chi connectivity index (χ0n) is 15.6. The first-order valence-corrected chi connectivity index (χ1v) is 10.9. The quantitative estimate of drug-likeness (QED) is 0.710. The molecule has 0 bridgehead atoms. The van der Waals surface area contributed by atoms with E-state index in [-0.39, 0.29) is 11.7 Å². The van der Waals surface area contributed by atoms with Gasteiger partial charge in [-0.05, 0) is 43.2 Å². The van der Waals surface area contributed by atoms with E-state index in [9.17, 15) is 26.4 Å². The number of fused-ring (bicyclic) bond motifs is 1. The number of halogens is 4. The van der Waals surface area contributed by atoms with Gasteiger partial charge in [0.05, 0.1) is 22.5 Å². The van der Waals surface area contributed by atoms with Crippen LogP contribution in [0.5, 0.6) is 0 Å². The molecule has 2 aromatic rings. The summed E-state index contributed by atoms with van der Waals surface area (Å²) in [5.41, 5.74) is 0.172. The van der Waals surface area contributed by atoms with Crippen molar-refractivity contribution >= 4 is 38.9 Å². The largest absolute Gasteiger partial charge is 0.417 e. The van der Waals surface area contributed by atoms with E-state index in [2.05, 4.69) is 0 Å². The predicted octanol–water partition coefficient (Wildman–Crippen LogP) is 4.10. The minimum Gasteiger partial charge on any atom is -0.307 e. The van der Waals surface area contributed by atoms with Crippen LogP contribution in [-0.4, -0.2) is 33.2 Å². The maximum Gasteiger partial charge on any atom is 0.417 e. The Hall–Kier alpha value is -2.26. The van der Waals surface area contributed by atoms with Gasteiger partial charge in [0.25, 0.3) is 0 Å². The number of para-hydroxylation sites is 1. The van der Waals surface area contributed by atoms with Crippen molar-refractivity contribution in [2.24, 2.45) is 0 Å². The number of hydrogen-bond donors (Lipinski definition) is 0. The number of alkyl halides is 3. The van der Waals surface area contributed by atoms with Crippen LogP contribution in [0.25, 0.3) is 0 Å². The molecule has 0 saturated heterocycles. The molecule has 3 rings (SSSR count). The van der Waals surface area contributed by atoms with Gasteiger partial charge in [0.1, 0.15) is 6.54 Å². The second-order valence-corrected chi connectivity index (χ2v) is 9.19. The van der Waals surface area contributed by atoms with Gasteiger partial charge in [-0.25, -0.2) is 8.42 Å². The highest BCUT2D eigenvalue weighted by atomic mass is 35.5. The molecule has 156 valence electrons. The first-order valence-electron chi connectivity index (χ1n) is 8.64. The number of carbonyl (C=O) groups excluding carboxylic acids is 1. The van der Waals surface area contributed by atoms with Gasteiger partial charge in [-0.1, -0.05) is 29.8 Å². The number of hydrogen-bond acceptors (Lipinski definition) is 3. The van der Waals surface area contributed by atoms with Gasteiger partial charge in [-0.3, -0.25) is 9.10 Å². The van der Waals surface area contributed by atoms with Crippen molar-refractivity contribution in [2.75, 3.05) is 22.0 Å². The third-order valence-electron chi connectivity index (χ3n) is 4.70. The summed E-state index contributed by atoms with van der Waals surface area (Å²) < 4.78 is 64.8. The number of benzene rings is 2. The minimum atomic E-state index is -4.76. The van der Waals surface area contributed by atoms with Crippen molar-refractivity contribution < 1.29 is 26.4 Å². The van der Waals surface area contributed by atoms with Crippen molar-refractivity contribution in [1.29, 1.82) is 0 Å². The molecule has 1 heterocycles. The number of amides is 1. The van der Waals surface area contributed by atoms with E-state index >= 15 is 0 Å². The standard InChI is InChI=1S/C19H18ClF3N2O3S/c1-12-9-13-5-3-4-6-17(13)25(12)18(26)11-24(29(2,27)28)14-7-8-16(20)15(10-14)19(21,22)23/h3-8,10,12H,9,11H2,1-2H3/t12-/m1/s1. The molecule has 0 radical (unpaired) electrons. The molecule has 0 spiro atoms. The Bertz CT molecular complexity index is 1060. The Balaban J connectivity index is 1.97. The molecule has 0 saturated carbocycles. The van der Waals surface area contributed by atoms with E-state index in [0.717, 1.165) is 24.0 Å². The highest BCUT2D eigenvalue weighted by Gasteiger charge is 2.36. The summed E-state index contributed by atoms with van der Waals surface area (Å²) in [7, 11) is -4.04. The van der Waals surface area contributed by atoms with Crippen LogP contribution in [0.4, 0.5) is 24.5 Å². The van der Waals surface area contributed by atoms with Crippen molar-refractivity contribution in [3.8, 4) is 0 Å². The van der Waals surface area contributed by atoms with Crippen LogP contribution in [-0.2, 0) is 27.4 Å². The average molecular weight is 447 g/mol. The first-order chi connectivity index (χ1) is 13.4. The lowest BCUT2D eigenvalue weighted by Gasteiger charge is -2.28. The Morgan fingerprint density at radius 1 is 1.24 bits per heavy atom. The molecule has 29 heavy (non-hydrogen) atoms. The smallest absolute Gasteiger partial charge is 0.307 e. The van der Waals surface area contributed by atoms with Crippen molar-refractivity contribution in [3.63, 3.8) is 0 Å². The molecule has 0 aliphatic carbocycles. The number of rotatable bonds is 4. The Morgan fingerprint density at radius 2 is 1.90 bits per heavy atom. The van der Waals surface area contributed by atoms with Gasteiger partial charge >= 0.3 is 6.18 Å². The molecule has 5 nitrogen and oxygen atoms in total. The highest BCUT2D eigenvalue weighted by Crippen LogP contribution is 2.38. The summed E-state index contributed by atoms with van der Waals surface area (Å²) >= 11 is 5.62. The molecule has 2 aromatic carbocycles. The second-order valence-electron chi connectivity index (χ2n) is 6.88. The molecule has 1 aliphatic heterocycles. The second kappa shape index (κ2) is 7.53. The topological polar surface area (TPSA) is 57.7 Å². The van der Waals surface area contributed by atoms with Gasteiger partial charge in [0.15, 0.2) is 0 Å². The van der Waals surface area contributed by atoms with E-state index in [4.69, 9.17) is 11.6 Å². The fourth-order valence-corrected chi connectivity index (χ4v) is 4.50. The van der Waals surface area contributed by atoms with E-state index in [1.54, 1.807) is 12.1 Å². The third kappa shape index (κ3) is 4.35. The number of carbonyl (C=O) groups is 1. The lowest BCUT2D eigenvalue weighted by molar-refractivity contribution is -0.137. The first kappa shape index (κ1) is 21.4. The van der Waals surface area contributed by atoms with E-state index in [1.807, 2.05) is 19.1 Å². The lowest BCUT2D eigenvalue weighted by Crippen LogP contribution is -2.45. The Kier molecular flexibility index (Phi) is 5.57. The van der Waals surface area contributed by atoms with Crippen LogP contribution in [0, 0.1) is 0 Å². The number of nitrogens with zero attached hydrogens (tertiary/aromatic N) is 2. The summed E-state index contributed by atoms with van der Waals surface area (Å²) in [6.07, 6.45) is -3.31. The zero-order chi connectivity index (χ0) is 21.6. The van der Waals surface area contributed by atoms with E-state index in [1.165, 1.54) is 4.90 Å². The Labute approximate surface area is 171 Å². The van der Waals surface area contributed by atoms with Crippen molar-refractivity contribution in [3.05, 3.63) is 58.6 Å². The summed E-state index contributed by atoms with van der Waals surface area (Å²) in [6.45, 7) is 1.20. The number of sulfonamides is 1. The van der Waals surface area contributed by atoms with E-state index in [0.29, 0.717) is 22.5 Å². The molecule has 1 amide bonds. The molecule has 0 aromatic heterocycles. The van der Waals surface area contributed by atoms with Gasteiger partial charge in [0, 0.05) is 11.7 Å². The van der Waals surface area contributed by atoms with Crippen LogP contribution in [0.3, 0.4) is 0 Å². The molecule has 0 unspecified atom stereocenters. The average Bonchev–Trinajstić information content (AvgIpc) is 2.94. The van der Waals surface area contributed by atoms with Crippen LogP contribution < -0.4 is 9.21 Å². The molecule has 10 heteroatoms. The SMILES string of the molecule is C[C@@H]1Cc2ccccc2N1C(=O)CN(c1ccc(Cl)c(C(F)(F)F)c1)S(C)(=O)=O. The van der Waals surface area contributed by atoms with Crippen LogP contribution >= 0.6 is 11.6 Å². The predicted molar refractivity (Wildman–Crippen MR) is 106 cm³/mol. The normalized spacial score (nSPS) is 16.6. The molecular formula is C19H18ClF3N2O3S. The van der Waals surface area contributed by atoms with Gasteiger partial charge in [-0.2, -0.15) is 13.2 Å². The fourth-order valence-electron chi connectivity index (χ4n) is 3.43. The number of anilines is 2. The zero-order valence-corrected chi connectivity index (χ0v) is 17.1. The van der Waals surface area contributed by atoms with Crippen molar-refractivity contribution in [2.45, 2.75) is 25.6 Å². The maximum absolute atomic E-state index is 13.2. The highest BCUT2D eigenvalue weighted by molar-refractivity contribution is 7.92. The van der Waals surface area contributed by atoms with Gasteiger partial charge in [-0.15, -0.1) is 0 Å². The van der Waals surface area contributed by atoms with Gasteiger partial charge < -0.3 is 4.90 Å². The molecule has 1 atom stereocenters. The van der Waals surface area contributed by atoms with Gasteiger partial charge in [0.2, 0.25) is 15.9 Å². The van der Waals surface area contributed by atoms with Crippen LogP contribution in [0.15, 0.2) is 42.5 Å². The molecular weight excluding hydrogens is 429 g/mol. The Morgan fingerprint density at radius 3 is 2.52 bits per heavy atom. The lowest BCUT2D eigenvalue weighted by atomic mass is 10.1. The molecule has 0 fully saturated rings. The van der Waals surface area contributed by atoms with Crippen LogP contribution in [0.1, 0.15) is 18.1 Å². The molecule has 1 aliphatic rings. The summed E-state index contributed by atoms with van der Waals surface area (Å²) in [5, 5.41) is -0.553. The third-order valence-corrected chi connectivity index (χ3v) is 6.17.